The summed E-state index contributed by atoms with van der Waals surface area (Å²) in [7, 11) is 4.06. The van der Waals surface area contributed by atoms with Crippen molar-refractivity contribution in [2.45, 2.75) is 47.7 Å². The Bertz CT molecular complexity index is 780. The van der Waals surface area contributed by atoms with Crippen LogP contribution in [0.2, 0.25) is 0 Å². The predicted molar refractivity (Wildman–Crippen MR) is 138 cm³/mol. The van der Waals surface area contributed by atoms with Crippen molar-refractivity contribution in [1.82, 2.24) is 0 Å². The Balaban J connectivity index is 0.000000450. The van der Waals surface area contributed by atoms with Crippen LogP contribution in [0.15, 0.2) is 60.3 Å². The quantitative estimate of drug-likeness (QED) is 0.563. The lowest BCUT2D eigenvalue weighted by Crippen LogP contribution is -2.39. The Morgan fingerprint density at radius 3 is 1.87 bits per heavy atom. The normalized spacial score (nSPS) is 15.1. The van der Waals surface area contributed by atoms with E-state index in [0.29, 0.717) is 0 Å². The summed E-state index contributed by atoms with van der Waals surface area (Å²) in [5.41, 5.74) is 17.4. The molecule has 2 aliphatic heterocycles. The highest BCUT2D eigenvalue weighted by molar-refractivity contribution is 5.73. The van der Waals surface area contributed by atoms with Crippen molar-refractivity contribution in [3.63, 3.8) is 0 Å². The van der Waals surface area contributed by atoms with E-state index in [1.165, 1.54) is 22.5 Å². The first-order valence-electron chi connectivity index (χ1n) is 11.1. The van der Waals surface area contributed by atoms with Crippen molar-refractivity contribution in [1.29, 1.82) is 0 Å². The van der Waals surface area contributed by atoms with E-state index in [-0.39, 0.29) is 6.17 Å². The van der Waals surface area contributed by atoms with E-state index in [2.05, 4.69) is 47.2 Å². The Morgan fingerprint density at radius 1 is 0.767 bits per heavy atom. The van der Waals surface area contributed by atoms with Gasteiger partial charge in [0.1, 0.15) is 0 Å². The molecule has 0 bridgehead atoms. The summed E-state index contributed by atoms with van der Waals surface area (Å²) in [5, 5.41) is 0. The van der Waals surface area contributed by atoms with Crippen molar-refractivity contribution in [2.24, 2.45) is 11.5 Å². The molecule has 0 saturated carbocycles. The van der Waals surface area contributed by atoms with Crippen LogP contribution < -0.4 is 21.3 Å². The molecular weight excluding hydrogens is 368 g/mol. The number of rotatable bonds is 0. The highest BCUT2D eigenvalue weighted by atomic mass is 15.2. The summed E-state index contributed by atoms with van der Waals surface area (Å²) in [4.78, 5) is 4.22. The van der Waals surface area contributed by atoms with E-state index in [1.807, 2.05) is 85.0 Å². The third-order valence-corrected chi connectivity index (χ3v) is 4.35. The second-order valence-corrected chi connectivity index (χ2v) is 6.15. The number of benzene rings is 2. The fourth-order valence-electron chi connectivity index (χ4n) is 3.00. The lowest BCUT2D eigenvalue weighted by atomic mass is 10.1. The van der Waals surface area contributed by atoms with Crippen LogP contribution in [0, 0.1) is 0 Å². The molecule has 0 fully saturated rings. The third kappa shape index (κ3) is 7.60. The van der Waals surface area contributed by atoms with Gasteiger partial charge in [-0.05, 0) is 35.4 Å². The second kappa shape index (κ2) is 15.2. The van der Waals surface area contributed by atoms with Crippen LogP contribution in [0.4, 0.5) is 11.4 Å². The maximum atomic E-state index is 5.83. The second-order valence-electron chi connectivity index (χ2n) is 6.15. The molecular formula is C26H42N4. The number of likely N-dealkylation sites (N-methyl/N-ethyl adjacent to an activating group) is 2. The highest BCUT2D eigenvalue weighted by Gasteiger charge is 2.14. The maximum Gasteiger partial charge on any atom is 0.0962 e. The van der Waals surface area contributed by atoms with Crippen molar-refractivity contribution in [3.05, 3.63) is 71.4 Å². The molecule has 1 unspecified atom stereocenters. The summed E-state index contributed by atoms with van der Waals surface area (Å²) < 4.78 is 0. The lowest BCUT2D eigenvalue weighted by molar-refractivity contribution is 0.783. The summed E-state index contributed by atoms with van der Waals surface area (Å²) in [5.74, 6) is 0. The van der Waals surface area contributed by atoms with E-state index in [4.69, 9.17) is 11.5 Å². The van der Waals surface area contributed by atoms with Crippen LogP contribution in [0.25, 0.3) is 12.2 Å². The molecule has 0 amide bonds. The van der Waals surface area contributed by atoms with Crippen LogP contribution >= 0.6 is 0 Å². The van der Waals surface area contributed by atoms with E-state index < -0.39 is 0 Å². The molecule has 0 aromatic heterocycles. The van der Waals surface area contributed by atoms with Gasteiger partial charge in [0.25, 0.3) is 0 Å². The Kier molecular flexibility index (Phi) is 13.8. The fraction of sp³-hybridized carbons (Fsp3) is 0.385. The first-order valence-corrected chi connectivity index (χ1v) is 11.1. The minimum atomic E-state index is 0.0138. The van der Waals surface area contributed by atoms with E-state index in [0.717, 1.165) is 12.2 Å². The van der Waals surface area contributed by atoms with Crippen LogP contribution in [-0.2, 0) is 0 Å². The van der Waals surface area contributed by atoms with Crippen molar-refractivity contribution in [3.8, 4) is 0 Å². The Hall–Kier alpha value is -2.72. The smallest absolute Gasteiger partial charge is 0.0962 e. The van der Waals surface area contributed by atoms with E-state index in [1.54, 1.807) is 0 Å². The number of hydrogen-bond acceptors (Lipinski definition) is 4. The summed E-state index contributed by atoms with van der Waals surface area (Å²) in [6.45, 7) is 12.8. The van der Waals surface area contributed by atoms with Crippen LogP contribution in [0.5, 0.6) is 0 Å². The number of hydrogen-bond donors (Lipinski definition) is 2. The molecule has 0 spiro atoms. The van der Waals surface area contributed by atoms with Gasteiger partial charge in [0.05, 0.1) is 12.7 Å². The molecule has 4 rings (SSSR count). The van der Waals surface area contributed by atoms with Gasteiger partial charge in [-0.1, -0.05) is 84.0 Å². The van der Waals surface area contributed by atoms with Gasteiger partial charge in [0.15, 0.2) is 0 Å². The van der Waals surface area contributed by atoms with E-state index >= 15 is 0 Å². The summed E-state index contributed by atoms with van der Waals surface area (Å²) in [6, 6.07) is 16.5. The zero-order valence-corrected chi connectivity index (χ0v) is 20.2. The first kappa shape index (κ1) is 27.3. The van der Waals surface area contributed by atoms with Gasteiger partial charge in [-0.3, -0.25) is 0 Å². The van der Waals surface area contributed by atoms with Gasteiger partial charge in [0, 0.05) is 31.2 Å². The predicted octanol–water partition coefficient (Wildman–Crippen LogP) is 5.95. The third-order valence-electron chi connectivity index (χ3n) is 4.35. The van der Waals surface area contributed by atoms with Gasteiger partial charge >= 0.3 is 0 Å². The molecule has 4 N–H and O–H groups in total. The standard InChI is InChI=1S/2C10H12N2.3C2H6/c1-12-7-9(11)6-8-4-2-3-5-10(8)12;1-12-9-5-3-2-4-8(9)6-7-10(12)11;3*1-2/h2-6H,7,11H2,1H3;2-7,10H,11H2,1H3;3*1-2H3. The van der Waals surface area contributed by atoms with Crippen LogP contribution in [0.3, 0.4) is 0 Å². The summed E-state index contributed by atoms with van der Waals surface area (Å²) >= 11 is 0. The Morgan fingerprint density at radius 2 is 1.27 bits per heavy atom. The van der Waals surface area contributed by atoms with Crippen LogP contribution in [-0.4, -0.2) is 26.8 Å². The largest absolute Gasteiger partial charge is 0.401 e. The number of anilines is 2. The molecule has 4 nitrogen and oxygen atoms in total. The molecule has 2 aliphatic rings. The van der Waals surface area contributed by atoms with Crippen LogP contribution in [0.1, 0.15) is 52.7 Å². The number of fused-ring (bicyclic) bond motifs is 2. The van der Waals surface area contributed by atoms with Gasteiger partial charge < -0.3 is 21.3 Å². The van der Waals surface area contributed by atoms with Crippen molar-refractivity contribution in [2.75, 3.05) is 30.4 Å². The molecule has 1 atom stereocenters. The molecule has 166 valence electrons. The highest BCUT2D eigenvalue weighted by Crippen LogP contribution is 2.26. The molecule has 2 aromatic carbocycles. The zero-order valence-electron chi connectivity index (χ0n) is 20.2. The average molecular weight is 411 g/mol. The van der Waals surface area contributed by atoms with Gasteiger partial charge in [-0.25, -0.2) is 0 Å². The topological polar surface area (TPSA) is 58.5 Å². The molecule has 0 radical (unpaired) electrons. The molecule has 0 aliphatic carbocycles. The Labute approximate surface area is 184 Å². The van der Waals surface area contributed by atoms with Crippen molar-refractivity contribution < 1.29 is 0 Å². The number of nitrogens with two attached hydrogens (primary N) is 2. The maximum absolute atomic E-state index is 5.83. The lowest BCUT2D eigenvalue weighted by Gasteiger charge is -2.29. The van der Waals surface area contributed by atoms with Gasteiger partial charge in [-0.15, -0.1) is 0 Å². The minimum Gasteiger partial charge on any atom is -0.401 e. The monoisotopic (exact) mass is 410 g/mol. The minimum absolute atomic E-state index is 0.0138. The zero-order chi connectivity index (χ0) is 23.1. The number of para-hydroxylation sites is 2. The van der Waals surface area contributed by atoms with Gasteiger partial charge in [-0.2, -0.15) is 0 Å². The summed E-state index contributed by atoms with van der Waals surface area (Å²) in [6.07, 6.45) is 6.12. The molecule has 30 heavy (non-hydrogen) atoms. The molecule has 0 saturated heterocycles. The molecule has 2 aromatic rings. The number of nitrogens with zero attached hydrogens (tertiary/aromatic N) is 2. The SMILES string of the molecule is CC.CC.CC.CN1CC(N)=Cc2ccccc21.CN1c2ccccc2C=CC1N. The van der Waals surface area contributed by atoms with Crippen molar-refractivity contribution >= 4 is 23.5 Å². The average Bonchev–Trinajstić information content (AvgIpc) is 2.81. The van der Waals surface area contributed by atoms with E-state index in [9.17, 15) is 0 Å². The first-order chi connectivity index (χ1) is 14.6. The molecule has 2 heterocycles. The van der Waals surface area contributed by atoms with Gasteiger partial charge in [0.2, 0.25) is 0 Å². The molecule has 4 heteroatoms. The fourth-order valence-corrected chi connectivity index (χ4v) is 3.00.